The van der Waals surface area contributed by atoms with Gasteiger partial charge in [0.15, 0.2) is 0 Å². The highest BCUT2D eigenvalue weighted by Crippen LogP contribution is 2.31. The van der Waals surface area contributed by atoms with Gasteiger partial charge >= 0.3 is 0 Å². The van der Waals surface area contributed by atoms with Crippen LogP contribution in [0.4, 0.5) is 5.69 Å². The Morgan fingerprint density at radius 3 is 2.82 bits per heavy atom. The third-order valence-electron chi connectivity index (χ3n) is 3.71. The first kappa shape index (κ1) is 12.6. The van der Waals surface area contributed by atoms with E-state index in [1.54, 1.807) is 18.2 Å². The minimum atomic E-state index is -0.152. The highest BCUT2D eigenvalue weighted by atomic mass is 16.3. The molecule has 3 aromatic rings. The lowest BCUT2D eigenvalue weighted by molar-refractivity contribution is -0.114. The topological polar surface area (TPSA) is 77.5 Å². The number of rotatable bonds is 1. The smallest absolute Gasteiger partial charge is 0.246 e. The predicted octanol–water partition coefficient (Wildman–Crippen LogP) is 2.66. The summed E-state index contributed by atoms with van der Waals surface area (Å²) in [4.78, 5) is 19.7. The van der Waals surface area contributed by atoms with Crippen LogP contribution < -0.4 is 5.32 Å². The largest absolute Gasteiger partial charge is 0.508 e. The normalized spacial score (nSPS) is 14.2. The molecule has 108 valence electrons. The number of anilines is 1. The summed E-state index contributed by atoms with van der Waals surface area (Å²) in [7, 11) is 0. The SMILES string of the molecule is O=C1CN=C(c2cccc(O)c2)c2[nH]c3ccccc3c2N1. The molecular weight excluding hydrogens is 278 g/mol. The Morgan fingerprint density at radius 1 is 1.09 bits per heavy atom. The summed E-state index contributed by atoms with van der Waals surface area (Å²) in [6.45, 7) is 0.0574. The molecule has 5 heteroatoms. The third-order valence-corrected chi connectivity index (χ3v) is 3.71. The number of phenols is 1. The zero-order chi connectivity index (χ0) is 15.1. The molecule has 2 aromatic carbocycles. The number of H-pyrrole nitrogens is 1. The van der Waals surface area contributed by atoms with Gasteiger partial charge in [-0.2, -0.15) is 0 Å². The Balaban J connectivity index is 1.99. The van der Waals surface area contributed by atoms with Crippen LogP contribution in [-0.4, -0.2) is 28.3 Å². The fraction of sp³-hybridized carbons (Fsp3) is 0.0588. The van der Waals surface area contributed by atoms with Gasteiger partial charge in [-0.1, -0.05) is 30.3 Å². The quantitative estimate of drug-likeness (QED) is 0.644. The number of fused-ring (bicyclic) bond motifs is 3. The monoisotopic (exact) mass is 291 g/mol. The van der Waals surface area contributed by atoms with Crippen LogP contribution in [0.1, 0.15) is 11.3 Å². The Bertz CT molecular complexity index is 925. The molecule has 0 radical (unpaired) electrons. The molecular formula is C17H13N3O2. The number of hydrogen-bond acceptors (Lipinski definition) is 3. The van der Waals surface area contributed by atoms with E-state index in [-0.39, 0.29) is 18.2 Å². The highest BCUT2D eigenvalue weighted by molar-refractivity contribution is 6.22. The van der Waals surface area contributed by atoms with Crippen LogP contribution in [0, 0.1) is 0 Å². The first-order valence-electron chi connectivity index (χ1n) is 6.97. The second-order valence-corrected chi connectivity index (χ2v) is 5.18. The molecule has 3 N–H and O–H groups in total. The highest BCUT2D eigenvalue weighted by Gasteiger charge is 2.22. The van der Waals surface area contributed by atoms with E-state index in [0.717, 1.165) is 27.8 Å². The van der Waals surface area contributed by atoms with Crippen LogP contribution in [0.3, 0.4) is 0 Å². The average Bonchev–Trinajstić information content (AvgIpc) is 2.78. The van der Waals surface area contributed by atoms with E-state index in [9.17, 15) is 9.90 Å². The van der Waals surface area contributed by atoms with Gasteiger partial charge in [-0.3, -0.25) is 9.79 Å². The maximum atomic E-state index is 11.9. The van der Waals surface area contributed by atoms with Crippen molar-refractivity contribution in [1.82, 2.24) is 4.98 Å². The Labute approximate surface area is 126 Å². The Kier molecular flexibility index (Phi) is 2.72. The number of amides is 1. The van der Waals surface area contributed by atoms with Crippen molar-refractivity contribution < 1.29 is 9.90 Å². The van der Waals surface area contributed by atoms with E-state index in [0.29, 0.717) is 5.71 Å². The molecule has 4 rings (SSSR count). The molecule has 0 fully saturated rings. The molecule has 22 heavy (non-hydrogen) atoms. The van der Waals surface area contributed by atoms with E-state index in [4.69, 9.17) is 0 Å². The minimum Gasteiger partial charge on any atom is -0.508 e. The minimum absolute atomic E-state index is 0.0574. The molecule has 0 bridgehead atoms. The summed E-state index contributed by atoms with van der Waals surface area (Å²) in [6.07, 6.45) is 0. The molecule has 0 saturated heterocycles. The number of aromatic amines is 1. The molecule has 0 atom stereocenters. The van der Waals surface area contributed by atoms with Gasteiger partial charge in [0.2, 0.25) is 5.91 Å². The number of nitrogens with one attached hydrogen (secondary N) is 2. The number of hydrogen-bond donors (Lipinski definition) is 3. The summed E-state index contributed by atoms with van der Waals surface area (Å²) in [5, 5.41) is 13.6. The fourth-order valence-electron chi connectivity index (χ4n) is 2.75. The number of phenolic OH excluding ortho intramolecular Hbond substituents is 1. The Morgan fingerprint density at radius 2 is 1.95 bits per heavy atom. The Hall–Kier alpha value is -3.08. The lowest BCUT2D eigenvalue weighted by atomic mass is 10.1. The van der Waals surface area contributed by atoms with Crippen LogP contribution in [0.5, 0.6) is 5.75 Å². The zero-order valence-corrected chi connectivity index (χ0v) is 11.6. The van der Waals surface area contributed by atoms with Gasteiger partial charge in [-0.15, -0.1) is 0 Å². The van der Waals surface area contributed by atoms with E-state index < -0.39 is 0 Å². The van der Waals surface area contributed by atoms with Crippen molar-refractivity contribution in [2.24, 2.45) is 4.99 Å². The summed E-state index contributed by atoms with van der Waals surface area (Å²) in [5.41, 5.74) is 3.87. The number of nitrogens with zero attached hydrogens (tertiary/aromatic N) is 1. The van der Waals surface area contributed by atoms with E-state index in [1.165, 1.54) is 0 Å². The molecule has 1 amide bonds. The van der Waals surface area contributed by atoms with Crippen LogP contribution in [0.15, 0.2) is 53.5 Å². The zero-order valence-electron chi connectivity index (χ0n) is 11.6. The number of benzene rings is 2. The number of para-hydroxylation sites is 1. The summed E-state index contributed by atoms with van der Waals surface area (Å²) >= 11 is 0. The second kappa shape index (κ2) is 4.73. The van der Waals surface area contributed by atoms with Crippen molar-refractivity contribution in [1.29, 1.82) is 0 Å². The lowest BCUT2D eigenvalue weighted by Gasteiger charge is -2.06. The molecule has 1 aliphatic rings. The molecule has 2 heterocycles. The first-order chi connectivity index (χ1) is 10.7. The van der Waals surface area contributed by atoms with E-state index in [2.05, 4.69) is 15.3 Å². The van der Waals surface area contributed by atoms with Gasteiger partial charge in [0.1, 0.15) is 12.3 Å². The number of aromatic nitrogens is 1. The first-order valence-corrected chi connectivity index (χ1v) is 6.97. The van der Waals surface area contributed by atoms with Gasteiger partial charge < -0.3 is 15.4 Å². The molecule has 1 aliphatic heterocycles. The third kappa shape index (κ3) is 1.95. The molecule has 0 saturated carbocycles. The maximum absolute atomic E-state index is 11.9. The standard InChI is InChI=1S/C17H13N3O2/c21-11-5-3-4-10(8-11)15-17-16(20-14(22)9-18-15)12-6-1-2-7-13(12)19-17/h1-8,19,21H,9H2,(H,20,22). The second-order valence-electron chi connectivity index (χ2n) is 5.18. The van der Waals surface area contributed by atoms with Crippen molar-refractivity contribution in [3.8, 4) is 5.75 Å². The van der Waals surface area contributed by atoms with Crippen LogP contribution in [0.2, 0.25) is 0 Å². The lowest BCUT2D eigenvalue weighted by Crippen LogP contribution is -2.13. The van der Waals surface area contributed by atoms with Crippen molar-refractivity contribution in [2.75, 3.05) is 11.9 Å². The molecule has 0 spiro atoms. The van der Waals surface area contributed by atoms with Crippen LogP contribution in [-0.2, 0) is 4.79 Å². The van der Waals surface area contributed by atoms with Gasteiger partial charge in [0.05, 0.1) is 17.1 Å². The van der Waals surface area contributed by atoms with Gasteiger partial charge in [-0.05, 0) is 18.2 Å². The number of aliphatic imine (C=N–C) groups is 1. The van der Waals surface area contributed by atoms with E-state index >= 15 is 0 Å². The van der Waals surface area contributed by atoms with E-state index in [1.807, 2.05) is 30.3 Å². The van der Waals surface area contributed by atoms with Crippen molar-refractivity contribution in [2.45, 2.75) is 0 Å². The van der Waals surface area contributed by atoms with Crippen molar-refractivity contribution in [3.63, 3.8) is 0 Å². The van der Waals surface area contributed by atoms with Crippen molar-refractivity contribution >= 4 is 28.2 Å². The molecule has 0 aliphatic carbocycles. The number of carbonyl (C=O) groups is 1. The molecule has 1 aromatic heterocycles. The summed E-state index contributed by atoms with van der Waals surface area (Å²) in [5.74, 6) is 0.0162. The average molecular weight is 291 g/mol. The number of carbonyl (C=O) groups excluding carboxylic acids is 1. The molecule has 5 nitrogen and oxygen atoms in total. The summed E-state index contributed by atoms with van der Waals surface area (Å²) in [6, 6.07) is 14.6. The van der Waals surface area contributed by atoms with Gasteiger partial charge in [0, 0.05) is 16.5 Å². The maximum Gasteiger partial charge on any atom is 0.246 e. The summed E-state index contributed by atoms with van der Waals surface area (Å²) < 4.78 is 0. The fourth-order valence-corrected chi connectivity index (χ4v) is 2.75. The molecule has 0 unspecified atom stereocenters. The number of aromatic hydroxyl groups is 1. The van der Waals surface area contributed by atoms with Gasteiger partial charge in [-0.25, -0.2) is 0 Å². The van der Waals surface area contributed by atoms with Crippen molar-refractivity contribution in [3.05, 3.63) is 59.8 Å². The van der Waals surface area contributed by atoms with Crippen LogP contribution >= 0.6 is 0 Å². The van der Waals surface area contributed by atoms with Gasteiger partial charge in [0.25, 0.3) is 0 Å². The predicted molar refractivity (Wildman–Crippen MR) is 85.5 cm³/mol. The van der Waals surface area contributed by atoms with Crippen LogP contribution in [0.25, 0.3) is 10.9 Å².